The molecule has 0 saturated heterocycles. The van der Waals surface area contributed by atoms with E-state index in [-0.39, 0.29) is 47.9 Å². The Labute approximate surface area is 86.0 Å². The quantitative estimate of drug-likeness (QED) is 0.325. The van der Waals surface area contributed by atoms with Crippen LogP contribution in [0.3, 0.4) is 0 Å². The molecule has 0 aromatic heterocycles. The molecule has 0 bridgehead atoms. The van der Waals surface area contributed by atoms with Crippen molar-refractivity contribution >= 4 is 35.0 Å². The summed E-state index contributed by atoms with van der Waals surface area (Å²) in [6.07, 6.45) is -1.03. The number of carboxylic acids is 2. The van der Waals surface area contributed by atoms with Crippen LogP contribution < -0.4 is 35.0 Å². The van der Waals surface area contributed by atoms with Crippen LogP contribution in [0.25, 0.3) is 0 Å². The largest absolute Gasteiger partial charge is 2.00 e. The van der Waals surface area contributed by atoms with Crippen LogP contribution in [0, 0.1) is 0 Å². The summed E-state index contributed by atoms with van der Waals surface area (Å²) in [7, 11) is 0. The summed E-state index contributed by atoms with van der Waals surface area (Å²) in [4.78, 5) is 18.6. The van der Waals surface area contributed by atoms with E-state index in [1.807, 2.05) is 0 Å². The van der Waals surface area contributed by atoms with Crippen LogP contribution in [0.2, 0.25) is 0 Å². The van der Waals surface area contributed by atoms with E-state index in [2.05, 4.69) is 0 Å². The third kappa shape index (κ3) is 23.9. The van der Waals surface area contributed by atoms with E-state index >= 15 is 0 Å². The fraction of sp³-hybridized carbons (Fsp3) is 0.333. The molecule has 0 radical (unpaired) electrons. The molecule has 0 N–H and O–H groups in total. The summed E-state index contributed by atoms with van der Waals surface area (Å²) in [6.45, 7) is 0. The number of hydrogen-bond acceptors (Lipinski definition) is 4. The molecule has 0 rings (SSSR count). The van der Waals surface area contributed by atoms with Crippen LogP contribution in [0.5, 0.6) is 0 Å². The van der Waals surface area contributed by atoms with Gasteiger partial charge in [0.25, 0.3) is 0 Å². The Morgan fingerprint density at radius 3 is 1.20 bits per heavy atom. The average molecular weight is 197 g/mol. The Morgan fingerprint density at radius 1 is 1.00 bits per heavy atom. The first-order valence-corrected chi connectivity index (χ1v) is 1.52. The van der Waals surface area contributed by atoms with Crippen molar-refractivity contribution in [2.45, 2.75) is 6.42 Å². The molecule has 0 spiro atoms. The normalized spacial score (nSPS) is 5.60. The second-order valence-corrected chi connectivity index (χ2v) is 0.921. The molecule has 10 heavy (non-hydrogen) atoms. The van der Waals surface area contributed by atoms with Gasteiger partial charge in [-0.25, -0.2) is 0 Å². The first-order valence-electron chi connectivity index (χ1n) is 1.52. The molecule has 0 aliphatic heterocycles. The van der Waals surface area contributed by atoms with Gasteiger partial charge < -0.3 is 44.6 Å². The SMILES string of the molecule is O=C([O-])CC(=O)[O-].[Cl-].[Cl-].[Mg+2]. The van der Waals surface area contributed by atoms with E-state index in [1.54, 1.807) is 0 Å². The molecule has 0 aromatic rings. The van der Waals surface area contributed by atoms with E-state index < -0.39 is 18.4 Å². The predicted molar refractivity (Wildman–Crippen MR) is 20.4 cm³/mol. The standard InChI is InChI=1S/C3H4O4.2ClH.Mg/c4-2(5)1-3(6)7;;;/h1H2,(H,4,5)(H,6,7);2*1H;/q;;;+2/p-4. The van der Waals surface area contributed by atoms with Crippen molar-refractivity contribution in [3.8, 4) is 0 Å². The number of carboxylic acid groups (broad SMARTS) is 2. The van der Waals surface area contributed by atoms with E-state index in [0.717, 1.165) is 0 Å². The molecular weight excluding hydrogens is 195 g/mol. The van der Waals surface area contributed by atoms with Crippen molar-refractivity contribution < 1.29 is 44.6 Å². The smallest absolute Gasteiger partial charge is 1.00 e. The molecule has 0 saturated carbocycles. The maximum Gasteiger partial charge on any atom is 2.00 e. The molecule has 0 aliphatic carbocycles. The first-order chi connectivity index (χ1) is 3.13. The first kappa shape index (κ1) is 22.4. The molecule has 0 heterocycles. The Balaban J connectivity index is -0.0000000600. The number of aliphatic carboxylic acids is 2. The van der Waals surface area contributed by atoms with Gasteiger partial charge in [-0.3, -0.25) is 0 Å². The predicted octanol–water partition coefficient (Wildman–Crippen LogP) is -9.50. The topological polar surface area (TPSA) is 80.3 Å². The number of rotatable bonds is 2. The zero-order valence-corrected chi connectivity index (χ0v) is 7.73. The van der Waals surface area contributed by atoms with Crippen LogP contribution in [-0.4, -0.2) is 35.0 Å². The van der Waals surface area contributed by atoms with Crippen molar-refractivity contribution in [3.05, 3.63) is 0 Å². The fourth-order valence-electron chi connectivity index (χ4n) is 0.118. The van der Waals surface area contributed by atoms with Crippen LogP contribution >= 0.6 is 0 Å². The minimum Gasteiger partial charge on any atom is -1.00 e. The molecule has 0 aromatic carbocycles. The minimum atomic E-state index is -1.63. The number of carbonyl (C=O) groups excluding carboxylic acids is 2. The molecule has 0 aliphatic rings. The summed E-state index contributed by atoms with van der Waals surface area (Å²) in [5.74, 6) is -3.25. The van der Waals surface area contributed by atoms with Crippen LogP contribution in [-0.2, 0) is 9.59 Å². The Kier molecular flexibility index (Phi) is 27.0. The van der Waals surface area contributed by atoms with Crippen molar-refractivity contribution in [2.24, 2.45) is 0 Å². The fourth-order valence-corrected chi connectivity index (χ4v) is 0.118. The number of carbonyl (C=O) groups is 2. The summed E-state index contributed by atoms with van der Waals surface area (Å²) in [5, 5.41) is 18.6. The zero-order valence-electron chi connectivity index (χ0n) is 4.80. The maximum atomic E-state index is 9.28. The summed E-state index contributed by atoms with van der Waals surface area (Å²) in [6, 6.07) is 0. The molecule has 7 heteroatoms. The second kappa shape index (κ2) is 12.0. The third-order valence-corrected chi connectivity index (χ3v) is 0.289. The number of halogens is 2. The number of hydrogen-bond donors (Lipinski definition) is 0. The second-order valence-electron chi connectivity index (χ2n) is 0.921. The monoisotopic (exact) mass is 196 g/mol. The average Bonchev–Trinajstić information content (AvgIpc) is 1.27. The Bertz CT molecular complexity index is 94.7. The zero-order chi connectivity index (χ0) is 5.86. The van der Waals surface area contributed by atoms with Crippen molar-refractivity contribution in [1.82, 2.24) is 0 Å². The van der Waals surface area contributed by atoms with Gasteiger partial charge >= 0.3 is 23.1 Å². The van der Waals surface area contributed by atoms with Gasteiger partial charge in [0, 0.05) is 18.4 Å². The molecule has 0 unspecified atom stereocenters. The van der Waals surface area contributed by atoms with Crippen LogP contribution in [0.15, 0.2) is 0 Å². The van der Waals surface area contributed by atoms with E-state index in [0.29, 0.717) is 0 Å². The summed E-state index contributed by atoms with van der Waals surface area (Å²) < 4.78 is 0. The molecular formula is C3H2Cl2MgO4-2. The van der Waals surface area contributed by atoms with Crippen LogP contribution in [0.4, 0.5) is 0 Å². The van der Waals surface area contributed by atoms with Crippen LogP contribution in [0.1, 0.15) is 6.42 Å². The van der Waals surface area contributed by atoms with Crippen molar-refractivity contribution in [2.75, 3.05) is 0 Å². The molecule has 4 nitrogen and oxygen atoms in total. The van der Waals surface area contributed by atoms with E-state index in [9.17, 15) is 19.8 Å². The Hall–Kier alpha value is 0.286. The van der Waals surface area contributed by atoms with E-state index in [4.69, 9.17) is 0 Å². The van der Waals surface area contributed by atoms with Gasteiger partial charge in [0.1, 0.15) is 0 Å². The molecule has 56 valence electrons. The van der Waals surface area contributed by atoms with Gasteiger partial charge in [0.05, 0.1) is 0 Å². The van der Waals surface area contributed by atoms with Gasteiger partial charge in [-0.05, 0) is 0 Å². The van der Waals surface area contributed by atoms with Gasteiger partial charge in [-0.1, -0.05) is 0 Å². The molecule has 0 amide bonds. The molecule has 0 fully saturated rings. The van der Waals surface area contributed by atoms with Gasteiger partial charge in [0.2, 0.25) is 0 Å². The Morgan fingerprint density at radius 2 is 1.20 bits per heavy atom. The third-order valence-electron chi connectivity index (χ3n) is 0.289. The van der Waals surface area contributed by atoms with Crippen molar-refractivity contribution in [3.63, 3.8) is 0 Å². The minimum absolute atomic E-state index is 0. The maximum absolute atomic E-state index is 9.28. The summed E-state index contributed by atoms with van der Waals surface area (Å²) >= 11 is 0. The van der Waals surface area contributed by atoms with E-state index in [1.165, 1.54) is 0 Å². The van der Waals surface area contributed by atoms with Crippen molar-refractivity contribution in [1.29, 1.82) is 0 Å². The molecule has 0 atom stereocenters. The van der Waals surface area contributed by atoms with Gasteiger partial charge in [-0.2, -0.15) is 0 Å². The summed E-state index contributed by atoms with van der Waals surface area (Å²) in [5.41, 5.74) is 0. The van der Waals surface area contributed by atoms with Gasteiger partial charge in [-0.15, -0.1) is 0 Å². The van der Waals surface area contributed by atoms with Gasteiger partial charge in [0.15, 0.2) is 0 Å².